The highest BCUT2D eigenvalue weighted by molar-refractivity contribution is 5.69. The van der Waals surface area contributed by atoms with Crippen LogP contribution in [0.25, 0.3) is 0 Å². The van der Waals surface area contributed by atoms with Gasteiger partial charge < -0.3 is 4.74 Å². The van der Waals surface area contributed by atoms with Crippen LogP contribution in [0.3, 0.4) is 0 Å². The number of rotatable bonds is 7. The Hall–Kier alpha value is -0.790. The zero-order valence-electron chi connectivity index (χ0n) is 9.58. The highest BCUT2D eigenvalue weighted by atomic mass is 16.5. The molecule has 0 radical (unpaired) electrons. The summed E-state index contributed by atoms with van der Waals surface area (Å²) in [6.45, 7) is 6.65. The Labute approximate surface area is 87.3 Å². The number of carbonyl (C=O) groups is 1. The van der Waals surface area contributed by atoms with E-state index in [0.717, 1.165) is 19.3 Å². The van der Waals surface area contributed by atoms with E-state index in [1.807, 2.05) is 6.92 Å². The lowest BCUT2D eigenvalue weighted by atomic mass is 10.1. The first-order valence-electron chi connectivity index (χ1n) is 5.49. The minimum absolute atomic E-state index is 0.0691. The number of hydrogen-bond acceptors (Lipinski definition) is 2. The first-order chi connectivity index (χ1) is 6.66. The van der Waals surface area contributed by atoms with Crippen molar-refractivity contribution >= 4 is 5.97 Å². The number of hydrogen-bond donors (Lipinski definition) is 0. The number of esters is 1. The van der Waals surface area contributed by atoms with Gasteiger partial charge in [0.05, 0.1) is 6.61 Å². The maximum atomic E-state index is 10.9. The van der Waals surface area contributed by atoms with Gasteiger partial charge in [0.2, 0.25) is 0 Å². The summed E-state index contributed by atoms with van der Waals surface area (Å²) < 4.78 is 4.83. The second kappa shape index (κ2) is 8.79. The van der Waals surface area contributed by atoms with E-state index in [0.29, 0.717) is 18.9 Å². The summed E-state index contributed by atoms with van der Waals surface area (Å²) in [5.74, 6) is 0.556. The van der Waals surface area contributed by atoms with Gasteiger partial charge in [-0.2, -0.15) is 0 Å². The second-order valence-corrected chi connectivity index (χ2v) is 3.72. The van der Waals surface area contributed by atoms with Crippen LogP contribution in [0.2, 0.25) is 0 Å². The largest absolute Gasteiger partial charge is 0.466 e. The Morgan fingerprint density at radius 3 is 2.64 bits per heavy atom. The SMILES string of the molecule is CCOC(=O)CCCC/C=C/C(C)C. The molecule has 0 N–H and O–H groups in total. The van der Waals surface area contributed by atoms with Crippen molar-refractivity contribution in [1.82, 2.24) is 0 Å². The van der Waals surface area contributed by atoms with Gasteiger partial charge in [-0.15, -0.1) is 0 Å². The molecular formula is C12H22O2. The zero-order valence-corrected chi connectivity index (χ0v) is 9.58. The Morgan fingerprint density at radius 2 is 2.07 bits per heavy atom. The van der Waals surface area contributed by atoms with E-state index < -0.39 is 0 Å². The summed E-state index contributed by atoms with van der Waals surface area (Å²) in [5.41, 5.74) is 0. The van der Waals surface area contributed by atoms with E-state index in [2.05, 4.69) is 26.0 Å². The maximum absolute atomic E-state index is 10.9. The van der Waals surface area contributed by atoms with E-state index in [1.54, 1.807) is 0 Å². The summed E-state index contributed by atoms with van der Waals surface area (Å²) in [6.07, 6.45) is 8.02. The van der Waals surface area contributed by atoms with Crippen LogP contribution in [-0.2, 0) is 9.53 Å². The lowest BCUT2D eigenvalue weighted by Gasteiger charge is -2.00. The van der Waals surface area contributed by atoms with E-state index in [1.165, 1.54) is 0 Å². The van der Waals surface area contributed by atoms with Gasteiger partial charge in [-0.1, -0.05) is 26.0 Å². The average molecular weight is 198 g/mol. The average Bonchev–Trinajstić information content (AvgIpc) is 2.11. The quantitative estimate of drug-likeness (QED) is 0.356. The third-order valence-corrected chi connectivity index (χ3v) is 1.83. The number of allylic oxidation sites excluding steroid dienone is 2. The molecule has 0 aliphatic carbocycles. The van der Waals surface area contributed by atoms with Gasteiger partial charge in [-0.3, -0.25) is 4.79 Å². The second-order valence-electron chi connectivity index (χ2n) is 3.72. The molecule has 0 aliphatic heterocycles. The van der Waals surface area contributed by atoms with Gasteiger partial charge in [0.15, 0.2) is 0 Å². The van der Waals surface area contributed by atoms with Gasteiger partial charge in [0, 0.05) is 6.42 Å². The summed E-state index contributed by atoms with van der Waals surface area (Å²) >= 11 is 0. The van der Waals surface area contributed by atoms with Gasteiger partial charge in [0.1, 0.15) is 0 Å². The Kier molecular flexibility index (Phi) is 8.30. The van der Waals surface area contributed by atoms with Crippen LogP contribution < -0.4 is 0 Å². The zero-order chi connectivity index (χ0) is 10.8. The highest BCUT2D eigenvalue weighted by Crippen LogP contribution is 2.03. The molecule has 0 aliphatic rings. The molecule has 0 rings (SSSR count). The molecule has 0 heterocycles. The van der Waals surface area contributed by atoms with Crippen LogP contribution in [0.15, 0.2) is 12.2 Å². The van der Waals surface area contributed by atoms with Crippen molar-refractivity contribution in [3.8, 4) is 0 Å². The summed E-state index contributed by atoms with van der Waals surface area (Å²) in [5, 5.41) is 0. The predicted molar refractivity (Wildman–Crippen MR) is 59.1 cm³/mol. The molecule has 0 fully saturated rings. The van der Waals surface area contributed by atoms with Crippen LogP contribution in [0.5, 0.6) is 0 Å². The van der Waals surface area contributed by atoms with E-state index in [4.69, 9.17) is 4.74 Å². The topological polar surface area (TPSA) is 26.3 Å². The molecule has 0 unspecified atom stereocenters. The van der Waals surface area contributed by atoms with E-state index in [9.17, 15) is 4.79 Å². The van der Waals surface area contributed by atoms with Crippen molar-refractivity contribution in [3.05, 3.63) is 12.2 Å². The van der Waals surface area contributed by atoms with Crippen molar-refractivity contribution in [3.63, 3.8) is 0 Å². The van der Waals surface area contributed by atoms with Gasteiger partial charge in [-0.05, 0) is 32.1 Å². The molecule has 0 amide bonds. The molecule has 82 valence electrons. The van der Waals surface area contributed by atoms with Crippen LogP contribution in [0.1, 0.15) is 46.5 Å². The van der Waals surface area contributed by atoms with Crippen molar-refractivity contribution in [2.75, 3.05) is 6.61 Å². The molecule has 0 saturated carbocycles. The third-order valence-electron chi connectivity index (χ3n) is 1.83. The molecule has 0 saturated heterocycles. The van der Waals surface area contributed by atoms with Crippen molar-refractivity contribution in [1.29, 1.82) is 0 Å². The molecule has 0 spiro atoms. The van der Waals surface area contributed by atoms with Crippen molar-refractivity contribution in [2.24, 2.45) is 5.92 Å². The van der Waals surface area contributed by atoms with Crippen LogP contribution in [-0.4, -0.2) is 12.6 Å². The number of unbranched alkanes of at least 4 members (excludes halogenated alkanes) is 2. The normalized spacial score (nSPS) is 11.1. The fourth-order valence-electron chi connectivity index (χ4n) is 1.13. The van der Waals surface area contributed by atoms with E-state index in [-0.39, 0.29) is 5.97 Å². The maximum Gasteiger partial charge on any atom is 0.305 e. The first kappa shape index (κ1) is 13.2. The van der Waals surface area contributed by atoms with Gasteiger partial charge in [0.25, 0.3) is 0 Å². The first-order valence-corrected chi connectivity index (χ1v) is 5.49. The third kappa shape index (κ3) is 9.30. The standard InChI is InChI=1S/C12H22O2/c1-4-14-12(13)10-8-6-5-7-9-11(2)3/h7,9,11H,4-6,8,10H2,1-3H3/b9-7+. The summed E-state index contributed by atoms with van der Waals surface area (Å²) in [4.78, 5) is 10.9. The van der Waals surface area contributed by atoms with Crippen LogP contribution >= 0.6 is 0 Å². The Morgan fingerprint density at radius 1 is 1.36 bits per heavy atom. The van der Waals surface area contributed by atoms with Crippen molar-refractivity contribution < 1.29 is 9.53 Å². The lowest BCUT2D eigenvalue weighted by Crippen LogP contribution is -2.02. The molecular weight excluding hydrogens is 176 g/mol. The fraction of sp³-hybridized carbons (Fsp3) is 0.750. The molecule has 0 bridgehead atoms. The summed E-state index contributed by atoms with van der Waals surface area (Å²) in [7, 11) is 0. The van der Waals surface area contributed by atoms with E-state index >= 15 is 0 Å². The van der Waals surface area contributed by atoms with Gasteiger partial charge in [-0.25, -0.2) is 0 Å². The molecule has 0 aromatic rings. The fourth-order valence-corrected chi connectivity index (χ4v) is 1.13. The number of ether oxygens (including phenoxy) is 1. The molecule has 2 heteroatoms. The molecule has 0 aromatic heterocycles. The molecule has 0 aromatic carbocycles. The van der Waals surface area contributed by atoms with Crippen LogP contribution in [0.4, 0.5) is 0 Å². The highest BCUT2D eigenvalue weighted by Gasteiger charge is 1.99. The lowest BCUT2D eigenvalue weighted by molar-refractivity contribution is -0.143. The van der Waals surface area contributed by atoms with Gasteiger partial charge >= 0.3 is 5.97 Å². The monoisotopic (exact) mass is 198 g/mol. The molecule has 0 atom stereocenters. The van der Waals surface area contributed by atoms with Crippen LogP contribution in [0, 0.1) is 5.92 Å². The smallest absolute Gasteiger partial charge is 0.305 e. The summed E-state index contributed by atoms with van der Waals surface area (Å²) in [6, 6.07) is 0. The Balaban J connectivity index is 3.25. The molecule has 14 heavy (non-hydrogen) atoms. The molecule has 2 nitrogen and oxygen atoms in total. The minimum Gasteiger partial charge on any atom is -0.466 e. The predicted octanol–water partition coefficient (Wildman–Crippen LogP) is 3.32. The minimum atomic E-state index is -0.0691. The van der Waals surface area contributed by atoms with Crippen molar-refractivity contribution in [2.45, 2.75) is 46.5 Å². The number of carbonyl (C=O) groups excluding carboxylic acids is 1. The Bertz CT molecular complexity index is 171.